The normalized spacial score (nSPS) is 14.7. The lowest BCUT2D eigenvalue weighted by Gasteiger charge is -2.13. The first kappa shape index (κ1) is 12.8. The summed E-state index contributed by atoms with van der Waals surface area (Å²) in [6.45, 7) is 2.79. The number of nitrogens with one attached hydrogen (secondary N) is 1. The lowest BCUT2D eigenvalue weighted by molar-refractivity contribution is 0.627. The highest BCUT2D eigenvalue weighted by Gasteiger charge is 2.14. The van der Waals surface area contributed by atoms with Crippen LogP contribution in [0.4, 0.5) is 0 Å². The monoisotopic (exact) mass is 271 g/mol. The van der Waals surface area contributed by atoms with Crippen LogP contribution in [0, 0.1) is 0 Å². The first-order chi connectivity index (χ1) is 9.76. The Morgan fingerprint density at radius 2 is 2.20 bits per heavy atom. The van der Waals surface area contributed by atoms with Crippen molar-refractivity contribution in [1.29, 1.82) is 0 Å². The van der Waals surface area contributed by atoms with Crippen molar-refractivity contribution in [2.24, 2.45) is 0 Å². The van der Waals surface area contributed by atoms with Crippen LogP contribution in [0.2, 0.25) is 0 Å². The third kappa shape index (κ3) is 2.54. The van der Waals surface area contributed by atoms with Crippen molar-refractivity contribution in [1.82, 2.24) is 25.0 Å². The van der Waals surface area contributed by atoms with E-state index in [0.29, 0.717) is 5.82 Å². The molecule has 3 rings (SSSR count). The Balaban J connectivity index is 1.87. The second kappa shape index (κ2) is 5.40. The summed E-state index contributed by atoms with van der Waals surface area (Å²) in [5, 5.41) is 7.98. The zero-order valence-electron chi connectivity index (χ0n) is 11.5. The van der Waals surface area contributed by atoms with E-state index in [2.05, 4.69) is 20.3 Å². The van der Waals surface area contributed by atoms with Crippen LogP contribution in [0.1, 0.15) is 42.5 Å². The molecule has 0 aliphatic heterocycles. The third-order valence-corrected chi connectivity index (χ3v) is 3.50. The zero-order valence-corrected chi connectivity index (χ0v) is 11.5. The molecule has 0 amide bonds. The molecule has 1 aliphatic carbocycles. The van der Waals surface area contributed by atoms with Crippen LogP contribution >= 0.6 is 0 Å². The Hall–Kier alpha value is -2.24. The van der Waals surface area contributed by atoms with Gasteiger partial charge in [0.05, 0.1) is 11.9 Å². The molecule has 0 bridgehead atoms. The molecule has 2 aromatic rings. The fourth-order valence-electron chi connectivity index (χ4n) is 2.41. The summed E-state index contributed by atoms with van der Waals surface area (Å²) in [5.74, 6) is 0.585. The number of aryl methyl sites for hydroxylation is 2. The molecule has 1 aliphatic rings. The smallest absolute Gasteiger partial charge is 0.254 e. The van der Waals surface area contributed by atoms with Crippen LogP contribution in [0.15, 0.2) is 11.0 Å². The fourth-order valence-corrected chi connectivity index (χ4v) is 2.41. The molecule has 20 heavy (non-hydrogen) atoms. The van der Waals surface area contributed by atoms with Crippen molar-refractivity contribution in [3.05, 3.63) is 39.3 Å². The number of nitrogens with zero attached hydrogens (tertiary/aromatic N) is 4. The number of hydrogen-bond donors (Lipinski definition) is 1. The average Bonchev–Trinajstić information content (AvgIpc) is 2.93. The highest BCUT2D eigenvalue weighted by Crippen LogP contribution is 2.16. The van der Waals surface area contributed by atoms with Gasteiger partial charge in [-0.15, -0.1) is 5.10 Å². The predicted octanol–water partition coefficient (Wildman–Crippen LogP) is 1.43. The van der Waals surface area contributed by atoms with Crippen LogP contribution in [-0.2, 0) is 19.4 Å². The number of H-pyrrole nitrogens is 1. The minimum absolute atomic E-state index is 0.00781. The SMILES string of the molecule is CCn1cc(/C=C/c2nc3c(c(=O)[nH]2)CCCC3)nn1. The van der Waals surface area contributed by atoms with Gasteiger partial charge in [-0.3, -0.25) is 9.48 Å². The molecule has 104 valence electrons. The van der Waals surface area contributed by atoms with E-state index in [0.717, 1.165) is 49.2 Å². The maximum atomic E-state index is 12.0. The van der Waals surface area contributed by atoms with Crippen molar-refractivity contribution >= 4 is 12.2 Å². The average molecular weight is 271 g/mol. The molecule has 1 N–H and O–H groups in total. The summed E-state index contributed by atoms with van der Waals surface area (Å²) in [7, 11) is 0. The molecule has 0 fully saturated rings. The van der Waals surface area contributed by atoms with E-state index in [-0.39, 0.29) is 5.56 Å². The molecular weight excluding hydrogens is 254 g/mol. The van der Waals surface area contributed by atoms with Crippen molar-refractivity contribution in [3.63, 3.8) is 0 Å². The summed E-state index contributed by atoms with van der Waals surface area (Å²) in [4.78, 5) is 19.3. The van der Waals surface area contributed by atoms with Gasteiger partial charge in [0.1, 0.15) is 11.5 Å². The Bertz CT molecular complexity index is 698. The minimum atomic E-state index is -0.00781. The van der Waals surface area contributed by atoms with E-state index in [9.17, 15) is 4.79 Å². The molecule has 0 atom stereocenters. The number of aromatic nitrogens is 5. The molecule has 0 aromatic carbocycles. The van der Waals surface area contributed by atoms with Crippen molar-refractivity contribution in [2.45, 2.75) is 39.2 Å². The Morgan fingerprint density at radius 1 is 1.35 bits per heavy atom. The van der Waals surface area contributed by atoms with Gasteiger partial charge in [-0.1, -0.05) is 5.21 Å². The van der Waals surface area contributed by atoms with Gasteiger partial charge in [0.2, 0.25) is 0 Å². The molecule has 0 spiro atoms. The summed E-state index contributed by atoms with van der Waals surface area (Å²) >= 11 is 0. The minimum Gasteiger partial charge on any atom is -0.307 e. The summed E-state index contributed by atoms with van der Waals surface area (Å²) in [5.41, 5.74) is 2.54. The van der Waals surface area contributed by atoms with Crippen LogP contribution in [0.3, 0.4) is 0 Å². The highest BCUT2D eigenvalue weighted by molar-refractivity contribution is 5.64. The van der Waals surface area contributed by atoms with E-state index in [1.54, 1.807) is 10.8 Å². The molecular formula is C14H17N5O. The Morgan fingerprint density at radius 3 is 3.00 bits per heavy atom. The second-order valence-electron chi connectivity index (χ2n) is 4.92. The number of fused-ring (bicyclic) bond motifs is 1. The van der Waals surface area contributed by atoms with E-state index in [1.807, 2.05) is 19.2 Å². The lowest BCUT2D eigenvalue weighted by atomic mass is 9.97. The van der Waals surface area contributed by atoms with Gasteiger partial charge in [-0.2, -0.15) is 0 Å². The van der Waals surface area contributed by atoms with Gasteiger partial charge in [0.15, 0.2) is 0 Å². The van der Waals surface area contributed by atoms with Gasteiger partial charge in [0.25, 0.3) is 5.56 Å². The molecule has 2 heterocycles. The molecule has 6 heteroatoms. The Labute approximate surface area is 116 Å². The topological polar surface area (TPSA) is 76.5 Å². The third-order valence-electron chi connectivity index (χ3n) is 3.50. The Kier molecular flexibility index (Phi) is 3.45. The largest absolute Gasteiger partial charge is 0.307 e. The van der Waals surface area contributed by atoms with Crippen LogP contribution < -0.4 is 5.56 Å². The molecule has 6 nitrogen and oxygen atoms in total. The maximum absolute atomic E-state index is 12.0. The van der Waals surface area contributed by atoms with Gasteiger partial charge >= 0.3 is 0 Å². The van der Waals surface area contributed by atoms with Gasteiger partial charge in [-0.25, -0.2) is 4.98 Å². The van der Waals surface area contributed by atoms with Gasteiger partial charge in [-0.05, 0) is 44.8 Å². The van der Waals surface area contributed by atoms with Crippen molar-refractivity contribution < 1.29 is 0 Å². The number of rotatable bonds is 3. The van der Waals surface area contributed by atoms with Crippen LogP contribution in [0.25, 0.3) is 12.2 Å². The second-order valence-corrected chi connectivity index (χ2v) is 4.92. The summed E-state index contributed by atoms with van der Waals surface area (Å²) < 4.78 is 1.75. The number of aromatic amines is 1. The summed E-state index contributed by atoms with van der Waals surface area (Å²) in [6.07, 6.45) is 9.36. The van der Waals surface area contributed by atoms with Crippen LogP contribution in [0.5, 0.6) is 0 Å². The van der Waals surface area contributed by atoms with Crippen molar-refractivity contribution in [3.8, 4) is 0 Å². The maximum Gasteiger partial charge on any atom is 0.254 e. The molecule has 0 radical (unpaired) electrons. The van der Waals surface area contributed by atoms with Gasteiger partial charge in [0, 0.05) is 12.1 Å². The fraction of sp³-hybridized carbons (Fsp3) is 0.429. The predicted molar refractivity (Wildman–Crippen MR) is 76.1 cm³/mol. The van der Waals surface area contributed by atoms with E-state index in [1.165, 1.54) is 0 Å². The van der Waals surface area contributed by atoms with Gasteiger partial charge < -0.3 is 4.98 Å². The lowest BCUT2D eigenvalue weighted by Crippen LogP contribution is -2.21. The standard InChI is InChI=1S/C14H17N5O/c1-2-19-9-10(17-18-19)7-8-13-15-12-6-4-3-5-11(12)14(20)16-13/h7-9H,2-6H2,1H3,(H,15,16,20)/b8-7+. The molecule has 2 aromatic heterocycles. The molecule has 0 saturated heterocycles. The van der Waals surface area contributed by atoms with Crippen LogP contribution in [-0.4, -0.2) is 25.0 Å². The number of hydrogen-bond acceptors (Lipinski definition) is 4. The highest BCUT2D eigenvalue weighted by atomic mass is 16.1. The molecule has 0 saturated carbocycles. The summed E-state index contributed by atoms with van der Waals surface area (Å²) in [6, 6.07) is 0. The quantitative estimate of drug-likeness (QED) is 0.916. The van der Waals surface area contributed by atoms with E-state index < -0.39 is 0 Å². The molecule has 0 unspecified atom stereocenters. The first-order valence-corrected chi connectivity index (χ1v) is 6.96. The van der Waals surface area contributed by atoms with E-state index >= 15 is 0 Å². The first-order valence-electron chi connectivity index (χ1n) is 6.96. The van der Waals surface area contributed by atoms with E-state index in [4.69, 9.17) is 0 Å². The van der Waals surface area contributed by atoms with Crippen molar-refractivity contribution in [2.75, 3.05) is 0 Å². The zero-order chi connectivity index (χ0) is 13.9.